The minimum absolute atomic E-state index is 0.228. The van der Waals surface area contributed by atoms with E-state index in [0.717, 1.165) is 24.8 Å². The molecule has 1 N–H and O–H groups in total. The van der Waals surface area contributed by atoms with E-state index in [4.69, 9.17) is 0 Å². The second kappa shape index (κ2) is 6.05. The second-order valence-electron chi connectivity index (χ2n) is 4.68. The van der Waals surface area contributed by atoms with Crippen molar-refractivity contribution in [1.29, 1.82) is 0 Å². The van der Waals surface area contributed by atoms with Crippen molar-refractivity contribution >= 4 is 5.91 Å². The van der Waals surface area contributed by atoms with Gasteiger partial charge in [-0.3, -0.25) is 4.79 Å². The number of hydrogen-bond donors (Lipinski definition) is 1. The van der Waals surface area contributed by atoms with Gasteiger partial charge in [-0.1, -0.05) is 26.7 Å². The number of hydrogen-bond acceptors (Lipinski definition) is 1. The lowest BCUT2D eigenvalue weighted by Gasteiger charge is -2.26. The fourth-order valence-corrected chi connectivity index (χ4v) is 2.11. The van der Waals surface area contributed by atoms with Gasteiger partial charge in [-0.15, -0.1) is 0 Å². The Kier molecular flexibility index (Phi) is 4.99. The molecule has 0 heterocycles. The number of nitrogens with one attached hydrogen (secondary N) is 1. The number of amides is 1. The molecule has 0 saturated heterocycles. The summed E-state index contributed by atoms with van der Waals surface area (Å²) in [6.45, 7) is 5.28. The average molecular weight is 197 g/mol. The van der Waals surface area contributed by atoms with Gasteiger partial charge in [-0.2, -0.15) is 0 Å². The molecule has 0 radical (unpaired) electrons. The van der Waals surface area contributed by atoms with Crippen LogP contribution in [0.3, 0.4) is 0 Å². The standard InChI is InChI=1S/C12H23NO/c1-3-4-12(14)13-9-11-7-5-10(2)6-8-11/h10-11H,3-9H2,1-2H3,(H,13,14). The molecule has 0 aliphatic heterocycles. The molecule has 0 unspecified atom stereocenters. The molecule has 1 aliphatic rings. The van der Waals surface area contributed by atoms with Crippen molar-refractivity contribution in [2.45, 2.75) is 52.4 Å². The summed E-state index contributed by atoms with van der Waals surface area (Å²) in [5, 5.41) is 3.03. The van der Waals surface area contributed by atoms with Crippen LogP contribution >= 0.6 is 0 Å². The SMILES string of the molecule is CCCC(=O)NCC1CCC(C)CC1. The zero-order chi connectivity index (χ0) is 10.4. The van der Waals surface area contributed by atoms with E-state index in [9.17, 15) is 4.79 Å². The fraction of sp³-hybridized carbons (Fsp3) is 0.917. The first-order valence-corrected chi connectivity index (χ1v) is 5.99. The predicted molar refractivity (Wildman–Crippen MR) is 59.0 cm³/mol. The first kappa shape index (κ1) is 11.5. The molecule has 0 spiro atoms. The first-order valence-electron chi connectivity index (χ1n) is 5.99. The Morgan fingerprint density at radius 2 is 1.93 bits per heavy atom. The zero-order valence-electron chi connectivity index (χ0n) is 9.51. The molecule has 1 amide bonds. The molecular formula is C12H23NO. The maximum Gasteiger partial charge on any atom is 0.219 e. The smallest absolute Gasteiger partial charge is 0.219 e. The molecule has 82 valence electrons. The summed E-state index contributed by atoms with van der Waals surface area (Å²) in [6.07, 6.45) is 6.92. The lowest BCUT2D eigenvalue weighted by atomic mass is 9.83. The Morgan fingerprint density at radius 3 is 2.50 bits per heavy atom. The molecule has 1 saturated carbocycles. The highest BCUT2D eigenvalue weighted by Gasteiger charge is 2.18. The van der Waals surface area contributed by atoms with Gasteiger partial charge in [-0.05, 0) is 31.1 Å². The molecule has 2 nitrogen and oxygen atoms in total. The summed E-state index contributed by atoms with van der Waals surface area (Å²) >= 11 is 0. The van der Waals surface area contributed by atoms with E-state index in [1.807, 2.05) is 6.92 Å². The first-order chi connectivity index (χ1) is 6.72. The molecule has 2 heteroatoms. The van der Waals surface area contributed by atoms with Crippen molar-refractivity contribution in [2.75, 3.05) is 6.54 Å². The van der Waals surface area contributed by atoms with Crippen molar-refractivity contribution in [3.05, 3.63) is 0 Å². The van der Waals surface area contributed by atoms with E-state index in [1.54, 1.807) is 0 Å². The van der Waals surface area contributed by atoms with E-state index in [0.29, 0.717) is 6.42 Å². The minimum atomic E-state index is 0.228. The van der Waals surface area contributed by atoms with E-state index in [2.05, 4.69) is 12.2 Å². The van der Waals surface area contributed by atoms with Crippen LogP contribution in [-0.2, 0) is 4.79 Å². The van der Waals surface area contributed by atoms with E-state index < -0.39 is 0 Å². The maximum atomic E-state index is 11.2. The lowest BCUT2D eigenvalue weighted by Crippen LogP contribution is -2.30. The van der Waals surface area contributed by atoms with Crippen LogP contribution < -0.4 is 5.32 Å². The second-order valence-corrected chi connectivity index (χ2v) is 4.68. The zero-order valence-corrected chi connectivity index (χ0v) is 9.51. The van der Waals surface area contributed by atoms with Gasteiger partial charge in [0.15, 0.2) is 0 Å². The summed E-state index contributed by atoms with van der Waals surface area (Å²) in [4.78, 5) is 11.2. The number of carbonyl (C=O) groups excluding carboxylic acids is 1. The predicted octanol–water partition coefficient (Wildman–Crippen LogP) is 2.73. The largest absolute Gasteiger partial charge is 0.356 e. The molecular weight excluding hydrogens is 174 g/mol. The van der Waals surface area contributed by atoms with Crippen molar-refractivity contribution in [1.82, 2.24) is 5.32 Å². The molecule has 1 rings (SSSR count). The highest BCUT2D eigenvalue weighted by molar-refractivity contribution is 5.75. The van der Waals surface area contributed by atoms with Gasteiger partial charge in [0, 0.05) is 13.0 Å². The van der Waals surface area contributed by atoms with Gasteiger partial charge >= 0.3 is 0 Å². The van der Waals surface area contributed by atoms with Crippen LogP contribution in [-0.4, -0.2) is 12.5 Å². The van der Waals surface area contributed by atoms with Gasteiger partial charge in [0.2, 0.25) is 5.91 Å². The Labute approximate surface area is 87.5 Å². The van der Waals surface area contributed by atoms with Crippen LogP contribution in [0.4, 0.5) is 0 Å². The van der Waals surface area contributed by atoms with E-state index >= 15 is 0 Å². The van der Waals surface area contributed by atoms with Crippen LogP contribution in [0.5, 0.6) is 0 Å². The van der Waals surface area contributed by atoms with E-state index in [-0.39, 0.29) is 5.91 Å². The van der Waals surface area contributed by atoms with Crippen molar-refractivity contribution < 1.29 is 4.79 Å². The van der Waals surface area contributed by atoms with Crippen molar-refractivity contribution in [3.8, 4) is 0 Å². The Morgan fingerprint density at radius 1 is 1.29 bits per heavy atom. The Hall–Kier alpha value is -0.530. The van der Waals surface area contributed by atoms with E-state index in [1.165, 1.54) is 25.7 Å². The monoisotopic (exact) mass is 197 g/mol. The fourth-order valence-electron chi connectivity index (χ4n) is 2.11. The minimum Gasteiger partial charge on any atom is -0.356 e. The van der Waals surface area contributed by atoms with Crippen molar-refractivity contribution in [3.63, 3.8) is 0 Å². The summed E-state index contributed by atoms with van der Waals surface area (Å²) < 4.78 is 0. The van der Waals surface area contributed by atoms with Crippen molar-refractivity contribution in [2.24, 2.45) is 11.8 Å². The van der Waals surface area contributed by atoms with Gasteiger partial charge in [0.25, 0.3) is 0 Å². The van der Waals surface area contributed by atoms with Crippen LogP contribution in [0.15, 0.2) is 0 Å². The number of carbonyl (C=O) groups is 1. The van der Waals surface area contributed by atoms with Crippen LogP contribution in [0.1, 0.15) is 52.4 Å². The molecule has 14 heavy (non-hydrogen) atoms. The van der Waals surface area contributed by atoms with Crippen LogP contribution in [0, 0.1) is 11.8 Å². The van der Waals surface area contributed by atoms with Crippen LogP contribution in [0.25, 0.3) is 0 Å². The van der Waals surface area contributed by atoms with Crippen LogP contribution in [0.2, 0.25) is 0 Å². The number of rotatable bonds is 4. The van der Waals surface area contributed by atoms with Gasteiger partial charge in [0.1, 0.15) is 0 Å². The Balaban J connectivity index is 2.09. The normalized spacial score (nSPS) is 27.3. The third-order valence-corrected chi connectivity index (χ3v) is 3.20. The van der Waals surface area contributed by atoms with Gasteiger partial charge in [0.05, 0.1) is 0 Å². The molecule has 0 atom stereocenters. The molecule has 0 aromatic carbocycles. The quantitative estimate of drug-likeness (QED) is 0.737. The summed E-state index contributed by atoms with van der Waals surface area (Å²) in [6, 6.07) is 0. The molecule has 1 fully saturated rings. The molecule has 1 aliphatic carbocycles. The lowest BCUT2D eigenvalue weighted by molar-refractivity contribution is -0.121. The summed E-state index contributed by atoms with van der Waals surface area (Å²) in [5.74, 6) is 1.87. The molecule has 0 bridgehead atoms. The third-order valence-electron chi connectivity index (χ3n) is 3.20. The molecule has 0 aromatic rings. The molecule has 0 aromatic heterocycles. The third kappa shape index (κ3) is 4.12. The van der Waals surface area contributed by atoms with Gasteiger partial charge in [-0.25, -0.2) is 0 Å². The topological polar surface area (TPSA) is 29.1 Å². The highest BCUT2D eigenvalue weighted by Crippen LogP contribution is 2.27. The maximum absolute atomic E-state index is 11.2. The Bertz CT molecular complexity index is 171. The highest BCUT2D eigenvalue weighted by atomic mass is 16.1. The average Bonchev–Trinajstić information content (AvgIpc) is 2.17. The summed E-state index contributed by atoms with van der Waals surface area (Å²) in [7, 11) is 0. The van der Waals surface area contributed by atoms with Gasteiger partial charge < -0.3 is 5.32 Å². The summed E-state index contributed by atoms with van der Waals surface area (Å²) in [5.41, 5.74) is 0.